The monoisotopic (exact) mass is 299 g/mol. The first kappa shape index (κ1) is 14.2. The molecule has 0 fully saturated rings. The summed E-state index contributed by atoms with van der Waals surface area (Å²) in [7, 11) is 0. The normalized spacial score (nSPS) is 10.5. The van der Waals surface area contributed by atoms with E-state index in [9.17, 15) is 13.2 Å². The van der Waals surface area contributed by atoms with Gasteiger partial charge in [0.2, 0.25) is 0 Å². The highest BCUT2D eigenvalue weighted by Gasteiger charge is 2.14. The Kier molecular flexibility index (Phi) is 3.83. The lowest BCUT2D eigenvalue weighted by atomic mass is 10.2. The summed E-state index contributed by atoms with van der Waals surface area (Å²) < 4.78 is 40.6. The molecule has 0 amide bonds. The molecule has 0 bridgehead atoms. The van der Waals surface area contributed by atoms with Crippen LogP contribution in [-0.2, 0) is 0 Å². The lowest BCUT2D eigenvalue weighted by Gasteiger charge is -2.25. The molecule has 0 atom stereocenters. The number of hydrogen-bond donors (Lipinski definition) is 0. The zero-order valence-corrected chi connectivity index (χ0v) is 11.5. The van der Waals surface area contributed by atoms with Crippen LogP contribution >= 0.6 is 0 Å². The summed E-state index contributed by atoms with van der Waals surface area (Å²) >= 11 is 0. The van der Waals surface area contributed by atoms with Gasteiger partial charge in [0, 0.05) is 17.1 Å². The fourth-order valence-electron chi connectivity index (χ4n) is 2.29. The molecule has 22 heavy (non-hydrogen) atoms. The molecule has 0 N–H and O–H groups in total. The maximum atomic E-state index is 13.5. The van der Waals surface area contributed by atoms with Gasteiger partial charge in [0.15, 0.2) is 0 Å². The highest BCUT2D eigenvalue weighted by molar-refractivity contribution is 5.76. The van der Waals surface area contributed by atoms with Crippen molar-refractivity contribution < 1.29 is 13.2 Å². The molecule has 3 aromatic rings. The van der Waals surface area contributed by atoms with Crippen molar-refractivity contribution in [3.8, 4) is 0 Å². The topological polar surface area (TPSA) is 3.24 Å². The third-order valence-corrected chi connectivity index (χ3v) is 3.20. The van der Waals surface area contributed by atoms with Crippen molar-refractivity contribution in [3.05, 3.63) is 90.2 Å². The maximum Gasteiger partial charge on any atom is 0.125 e. The molecule has 3 rings (SSSR count). The minimum absolute atomic E-state index is 0.421. The third kappa shape index (κ3) is 2.96. The highest BCUT2D eigenvalue weighted by Crippen LogP contribution is 2.35. The van der Waals surface area contributed by atoms with Crippen LogP contribution in [0.2, 0.25) is 0 Å². The number of nitrogens with zero attached hydrogens (tertiary/aromatic N) is 1. The molecule has 110 valence electrons. The minimum atomic E-state index is -0.421. The van der Waals surface area contributed by atoms with E-state index < -0.39 is 17.5 Å². The molecule has 0 aliphatic carbocycles. The van der Waals surface area contributed by atoms with Crippen molar-refractivity contribution in [2.24, 2.45) is 0 Å². The van der Waals surface area contributed by atoms with Gasteiger partial charge in [0.1, 0.15) is 17.5 Å². The number of hydrogen-bond acceptors (Lipinski definition) is 1. The van der Waals surface area contributed by atoms with Crippen molar-refractivity contribution in [2.75, 3.05) is 4.90 Å². The molecule has 0 aromatic heterocycles. The summed E-state index contributed by atoms with van der Waals surface area (Å²) in [6.07, 6.45) is 0. The van der Waals surface area contributed by atoms with E-state index in [-0.39, 0.29) is 0 Å². The van der Waals surface area contributed by atoms with Gasteiger partial charge in [-0.3, -0.25) is 0 Å². The maximum absolute atomic E-state index is 13.5. The average molecular weight is 299 g/mol. The van der Waals surface area contributed by atoms with E-state index in [0.717, 1.165) is 0 Å². The molecule has 0 radical (unpaired) electrons. The number of benzene rings is 3. The Hall–Kier alpha value is -2.75. The molecule has 0 heterocycles. The second kappa shape index (κ2) is 5.93. The standard InChI is InChI=1S/C18H12F3N/c19-13-4-1-7-16(10-13)22(17-8-2-5-14(20)11-17)18-9-3-6-15(21)12-18/h1-12H. The summed E-state index contributed by atoms with van der Waals surface area (Å²) in [5.74, 6) is -1.26. The van der Waals surface area contributed by atoms with Crippen LogP contribution in [-0.4, -0.2) is 0 Å². The molecule has 0 spiro atoms. The molecule has 0 unspecified atom stereocenters. The largest absolute Gasteiger partial charge is 0.310 e. The van der Waals surface area contributed by atoms with Gasteiger partial charge in [-0.25, -0.2) is 13.2 Å². The van der Waals surface area contributed by atoms with Gasteiger partial charge >= 0.3 is 0 Å². The fourth-order valence-corrected chi connectivity index (χ4v) is 2.29. The number of rotatable bonds is 3. The van der Waals surface area contributed by atoms with Crippen LogP contribution in [0.25, 0.3) is 0 Å². The van der Waals surface area contributed by atoms with Crippen molar-refractivity contribution >= 4 is 17.1 Å². The first-order valence-electron chi connectivity index (χ1n) is 6.70. The van der Waals surface area contributed by atoms with Gasteiger partial charge in [-0.05, 0) is 54.6 Å². The van der Waals surface area contributed by atoms with Gasteiger partial charge in [-0.1, -0.05) is 18.2 Å². The Bertz CT molecular complexity index is 693. The van der Waals surface area contributed by atoms with Gasteiger partial charge in [0.05, 0.1) is 0 Å². The Balaban J connectivity index is 2.18. The van der Waals surface area contributed by atoms with Crippen LogP contribution in [0, 0.1) is 17.5 Å². The Morgan fingerprint density at radius 1 is 0.500 bits per heavy atom. The fraction of sp³-hybridized carbons (Fsp3) is 0. The van der Waals surface area contributed by atoms with E-state index in [4.69, 9.17) is 0 Å². The van der Waals surface area contributed by atoms with Crippen LogP contribution in [0.15, 0.2) is 72.8 Å². The lowest BCUT2D eigenvalue weighted by Crippen LogP contribution is -2.10. The van der Waals surface area contributed by atoms with Crippen molar-refractivity contribution in [3.63, 3.8) is 0 Å². The second-order valence-corrected chi connectivity index (χ2v) is 4.78. The second-order valence-electron chi connectivity index (χ2n) is 4.78. The van der Waals surface area contributed by atoms with Crippen molar-refractivity contribution in [2.45, 2.75) is 0 Å². The van der Waals surface area contributed by atoms with Gasteiger partial charge in [-0.2, -0.15) is 0 Å². The summed E-state index contributed by atoms with van der Waals surface area (Å²) in [6, 6.07) is 17.6. The van der Waals surface area contributed by atoms with E-state index in [1.807, 2.05) is 0 Å². The summed E-state index contributed by atoms with van der Waals surface area (Å²) in [5, 5.41) is 0. The van der Waals surface area contributed by atoms with E-state index >= 15 is 0 Å². The first-order valence-corrected chi connectivity index (χ1v) is 6.70. The zero-order valence-electron chi connectivity index (χ0n) is 11.5. The molecule has 1 nitrogen and oxygen atoms in total. The van der Waals surface area contributed by atoms with Crippen LogP contribution in [0.3, 0.4) is 0 Å². The van der Waals surface area contributed by atoms with E-state index in [0.29, 0.717) is 17.1 Å². The first-order chi connectivity index (χ1) is 10.6. The summed E-state index contributed by atoms with van der Waals surface area (Å²) in [6.45, 7) is 0. The van der Waals surface area contributed by atoms with Crippen LogP contribution in [0.4, 0.5) is 30.2 Å². The number of halogens is 3. The predicted molar refractivity (Wildman–Crippen MR) is 81.0 cm³/mol. The smallest absolute Gasteiger partial charge is 0.125 e. The summed E-state index contributed by atoms with van der Waals surface area (Å²) in [5.41, 5.74) is 1.45. The van der Waals surface area contributed by atoms with E-state index in [1.54, 1.807) is 41.3 Å². The molecule has 0 saturated heterocycles. The number of anilines is 3. The zero-order chi connectivity index (χ0) is 15.5. The van der Waals surface area contributed by atoms with Crippen molar-refractivity contribution in [1.82, 2.24) is 0 Å². The quantitative estimate of drug-likeness (QED) is 0.610. The Morgan fingerprint density at radius 3 is 1.09 bits per heavy atom. The van der Waals surface area contributed by atoms with E-state index in [2.05, 4.69) is 0 Å². The lowest BCUT2D eigenvalue weighted by molar-refractivity contribution is 0.626. The summed E-state index contributed by atoms with van der Waals surface area (Å²) in [4.78, 5) is 1.59. The molecule has 0 aliphatic rings. The van der Waals surface area contributed by atoms with Crippen LogP contribution < -0.4 is 4.90 Å². The molecular formula is C18H12F3N. The highest BCUT2D eigenvalue weighted by atomic mass is 19.1. The SMILES string of the molecule is Fc1cccc(N(c2cccc(F)c2)c2cccc(F)c2)c1. The van der Waals surface area contributed by atoms with Crippen molar-refractivity contribution in [1.29, 1.82) is 0 Å². The van der Waals surface area contributed by atoms with Crippen LogP contribution in [0.5, 0.6) is 0 Å². The van der Waals surface area contributed by atoms with Gasteiger partial charge in [-0.15, -0.1) is 0 Å². The molecule has 4 heteroatoms. The van der Waals surface area contributed by atoms with Crippen LogP contribution in [0.1, 0.15) is 0 Å². The minimum Gasteiger partial charge on any atom is -0.310 e. The van der Waals surface area contributed by atoms with Gasteiger partial charge < -0.3 is 4.90 Å². The van der Waals surface area contributed by atoms with E-state index in [1.165, 1.54) is 36.4 Å². The molecule has 3 aromatic carbocycles. The average Bonchev–Trinajstić information content (AvgIpc) is 2.48. The molecule has 0 saturated carbocycles. The predicted octanol–water partition coefficient (Wildman–Crippen LogP) is 5.57. The Morgan fingerprint density at radius 2 is 0.818 bits per heavy atom. The Labute approximate surface area is 126 Å². The third-order valence-electron chi connectivity index (χ3n) is 3.20. The molecule has 0 aliphatic heterocycles. The molecular weight excluding hydrogens is 287 g/mol. The van der Waals surface area contributed by atoms with Gasteiger partial charge in [0.25, 0.3) is 0 Å².